The van der Waals surface area contributed by atoms with Crippen molar-refractivity contribution in [1.82, 2.24) is 5.32 Å². The molecule has 1 amide bonds. The second-order valence-corrected chi connectivity index (χ2v) is 3.71. The zero-order valence-electron chi connectivity index (χ0n) is 8.03. The molecule has 1 N–H and O–H groups in total. The third kappa shape index (κ3) is 2.12. The Morgan fingerprint density at radius 2 is 2.21 bits per heavy atom. The Hall–Kier alpha value is -0.900. The van der Waals surface area contributed by atoms with Crippen LogP contribution in [0.4, 0.5) is 4.39 Å². The molecule has 0 aliphatic heterocycles. The molecule has 0 spiro atoms. The van der Waals surface area contributed by atoms with Gasteiger partial charge >= 0.3 is 0 Å². The third-order valence-electron chi connectivity index (χ3n) is 1.85. The average Bonchev–Trinajstić information content (AvgIpc) is 2.13. The fourth-order valence-electron chi connectivity index (χ4n) is 1.11. The molecule has 1 rings (SSSR count). The number of nitrogens with one attached hydrogen (secondary N) is 1. The molecular weight excluding hydrogens is 249 g/mol. The molecule has 0 saturated heterocycles. The topological polar surface area (TPSA) is 29.1 Å². The van der Waals surface area contributed by atoms with E-state index >= 15 is 0 Å². The molecule has 2 nitrogen and oxygen atoms in total. The van der Waals surface area contributed by atoms with Crippen LogP contribution in [-0.4, -0.2) is 12.5 Å². The van der Waals surface area contributed by atoms with E-state index in [0.717, 1.165) is 5.56 Å². The van der Waals surface area contributed by atoms with E-state index in [1.54, 1.807) is 13.0 Å². The van der Waals surface area contributed by atoms with Gasteiger partial charge in [-0.3, -0.25) is 4.79 Å². The van der Waals surface area contributed by atoms with Gasteiger partial charge in [0, 0.05) is 11.0 Å². The van der Waals surface area contributed by atoms with Gasteiger partial charge in [0.05, 0.1) is 5.56 Å². The molecule has 0 fully saturated rings. The van der Waals surface area contributed by atoms with Crippen molar-refractivity contribution >= 4 is 21.8 Å². The quantitative estimate of drug-likeness (QED) is 0.870. The predicted molar refractivity (Wildman–Crippen MR) is 56.8 cm³/mol. The van der Waals surface area contributed by atoms with Crippen molar-refractivity contribution in [3.05, 3.63) is 33.5 Å². The maximum absolute atomic E-state index is 13.3. The van der Waals surface area contributed by atoms with Crippen LogP contribution >= 0.6 is 15.9 Å². The zero-order chi connectivity index (χ0) is 10.7. The lowest BCUT2D eigenvalue weighted by Crippen LogP contribution is -2.24. The van der Waals surface area contributed by atoms with Crippen LogP contribution in [0, 0.1) is 12.7 Å². The van der Waals surface area contributed by atoms with Gasteiger partial charge in [-0.25, -0.2) is 4.39 Å². The van der Waals surface area contributed by atoms with Crippen molar-refractivity contribution in [3.8, 4) is 0 Å². The number of hydrogen-bond acceptors (Lipinski definition) is 1. The fourth-order valence-corrected chi connectivity index (χ4v) is 1.62. The molecule has 0 heterocycles. The van der Waals surface area contributed by atoms with Crippen LogP contribution in [0.25, 0.3) is 0 Å². The Labute approximate surface area is 90.6 Å². The van der Waals surface area contributed by atoms with Gasteiger partial charge in [-0.2, -0.15) is 0 Å². The number of rotatable bonds is 2. The van der Waals surface area contributed by atoms with E-state index in [2.05, 4.69) is 21.2 Å². The van der Waals surface area contributed by atoms with Gasteiger partial charge in [0.2, 0.25) is 0 Å². The van der Waals surface area contributed by atoms with Gasteiger partial charge in [-0.05, 0) is 41.4 Å². The molecule has 0 atom stereocenters. The van der Waals surface area contributed by atoms with Crippen molar-refractivity contribution in [3.63, 3.8) is 0 Å². The molecular formula is C10H11BrFNO. The number of aryl methyl sites for hydroxylation is 1. The molecule has 0 aromatic heterocycles. The molecule has 4 heteroatoms. The highest BCUT2D eigenvalue weighted by molar-refractivity contribution is 9.10. The van der Waals surface area contributed by atoms with Crippen molar-refractivity contribution in [2.75, 3.05) is 6.54 Å². The summed E-state index contributed by atoms with van der Waals surface area (Å²) in [5.41, 5.74) is 0.916. The first-order chi connectivity index (χ1) is 6.57. The molecule has 0 bridgehead atoms. The number of hydrogen-bond donors (Lipinski definition) is 1. The van der Waals surface area contributed by atoms with E-state index in [1.165, 1.54) is 6.07 Å². The summed E-state index contributed by atoms with van der Waals surface area (Å²) >= 11 is 3.20. The number of halogens is 2. The summed E-state index contributed by atoms with van der Waals surface area (Å²) in [5, 5.41) is 2.56. The Kier molecular flexibility index (Phi) is 3.63. The highest BCUT2D eigenvalue weighted by Crippen LogP contribution is 2.23. The Morgan fingerprint density at radius 1 is 1.57 bits per heavy atom. The molecule has 76 valence electrons. The van der Waals surface area contributed by atoms with Gasteiger partial charge in [-0.15, -0.1) is 0 Å². The minimum Gasteiger partial charge on any atom is -0.352 e. The monoisotopic (exact) mass is 259 g/mol. The molecule has 1 aromatic rings. The second-order valence-electron chi connectivity index (χ2n) is 2.91. The smallest absolute Gasteiger partial charge is 0.255 e. The summed E-state index contributed by atoms with van der Waals surface area (Å²) in [6.45, 7) is 4.09. The van der Waals surface area contributed by atoms with Gasteiger partial charge in [0.1, 0.15) is 5.82 Å². The minimum absolute atomic E-state index is 0.0758. The van der Waals surface area contributed by atoms with Crippen molar-refractivity contribution < 1.29 is 9.18 Å². The molecule has 0 aliphatic carbocycles. The number of carbonyl (C=O) groups is 1. The molecule has 1 aromatic carbocycles. The lowest BCUT2D eigenvalue weighted by molar-refractivity contribution is 0.0951. The summed E-state index contributed by atoms with van der Waals surface area (Å²) in [7, 11) is 0. The Bertz CT molecular complexity index is 365. The lowest BCUT2D eigenvalue weighted by atomic mass is 10.1. The summed E-state index contributed by atoms with van der Waals surface area (Å²) in [6.07, 6.45) is 0. The number of amides is 1. The molecule has 14 heavy (non-hydrogen) atoms. The maximum atomic E-state index is 13.3. The van der Waals surface area contributed by atoms with Crippen molar-refractivity contribution in [1.29, 1.82) is 0 Å². The van der Waals surface area contributed by atoms with E-state index in [4.69, 9.17) is 0 Å². The summed E-state index contributed by atoms with van der Waals surface area (Å²) in [5.74, 6) is -0.894. The summed E-state index contributed by atoms with van der Waals surface area (Å²) in [4.78, 5) is 11.5. The zero-order valence-corrected chi connectivity index (χ0v) is 9.61. The van der Waals surface area contributed by atoms with E-state index in [-0.39, 0.29) is 11.5 Å². The Morgan fingerprint density at radius 3 is 2.79 bits per heavy atom. The fraction of sp³-hybridized carbons (Fsp3) is 0.300. The van der Waals surface area contributed by atoms with Crippen LogP contribution in [0.5, 0.6) is 0 Å². The first-order valence-corrected chi connectivity index (χ1v) is 5.10. The first-order valence-electron chi connectivity index (χ1n) is 4.30. The molecule has 0 unspecified atom stereocenters. The van der Waals surface area contributed by atoms with E-state index in [0.29, 0.717) is 11.0 Å². The van der Waals surface area contributed by atoms with Gasteiger partial charge in [0.15, 0.2) is 0 Å². The standard InChI is InChI=1S/C10H11BrFNO/c1-3-13-10(14)8-7(12)5-4-6(2)9(8)11/h4-5H,3H2,1-2H3,(H,13,14). The minimum atomic E-state index is -0.506. The third-order valence-corrected chi connectivity index (χ3v) is 2.87. The summed E-state index contributed by atoms with van der Waals surface area (Å²) < 4.78 is 13.8. The van der Waals surface area contributed by atoms with Gasteiger partial charge < -0.3 is 5.32 Å². The molecule has 0 saturated carbocycles. The van der Waals surface area contributed by atoms with Crippen LogP contribution in [0.15, 0.2) is 16.6 Å². The van der Waals surface area contributed by atoms with Crippen molar-refractivity contribution in [2.24, 2.45) is 0 Å². The van der Waals surface area contributed by atoms with Crippen LogP contribution < -0.4 is 5.32 Å². The van der Waals surface area contributed by atoms with Crippen molar-refractivity contribution in [2.45, 2.75) is 13.8 Å². The normalized spacial score (nSPS) is 10.0. The number of benzene rings is 1. The lowest BCUT2D eigenvalue weighted by Gasteiger charge is -2.07. The second kappa shape index (κ2) is 4.55. The maximum Gasteiger partial charge on any atom is 0.255 e. The van der Waals surface area contributed by atoms with Gasteiger partial charge in [-0.1, -0.05) is 6.07 Å². The summed E-state index contributed by atoms with van der Waals surface area (Å²) in [6, 6.07) is 2.92. The van der Waals surface area contributed by atoms with Crippen LogP contribution in [0.3, 0.4) is 0 Å². The highest BCUT2D eigenvalue weighted by atomic mass is 79.9. The SMILES string of the molecule is CCNC(=O)c1c(F)ccc(C)c1Br. The predicted octanol–water partition coefficient (Wildman–Crippen LogP) is 2.65. The van der Waals surface area contributed by atoms with E-state index < -0.39 is 5.82 Å². The van der Waals surface area contributed by atoms with Crippen LogP contribution in [-0.2, 0) is 0 Å². The highest BCUT2D eigenvalue weighted by Gasteiger charge is 2.15. The van der Waals surface area contributed by atoms with Crippen LogP contribution in [0.2, 0.25) is 0 Å². The van der Waals surface area contributed by atoms with Gasteiger partial charge in [0.25, 0.3) is 5.91 Å². The van der Waals surface area contributed by atoms with E-state index in [9.17, 15) is 9.18 Å². The number of carbonyl (C=O) groups excluding carboxylic acids is 1. The first kappa shape index (κ1) is 11.2. The molecule has 0 aliphatic rings. The van der Waals surface area contributed by atoms with E-state index in [1.807, 2.05) is 6.92 Å². The van der Waals surface area contributed by atoms with Crippen LogP contribution in [0.1, 0.15) is 22.8 Å². The molecule has 0 radical (unpaired) electrons. The largest absolute Gasteiger partial charge is 0.352 e. The Balaban J connectivity index is 3.18. The average molecular weight is 260 g/mol.